The van der Waals surface area contributed by atoms with Gasteiger partial charge >= 0.3 is 6.18 Å². The van der Waals surface area contributed by atoms with E-state index in [-0.39, 0.29) is 24.0 Å². The van der Waals surface area contributed by atoms with Crippen molar-refractivity contribution in [1.29, 1.82) is 0 Å². The van der Waals surface area contributed by atoms with Gasteiger partial charge in [-0.05, 0) is 49.1 Å². The number of likely N-dealkylation sites (tertiary alicyclic amines) is 1. The van der Waals surface area contributed by atoms with E-state index in [4.69, 9.17) is 9.47 Å². The van der Waals surface area contributed by atoms with E-state index in [1.807, 2.05) is 18.2 Å². The topological polar surface area (TPSA) is 105 Å². The molecule has 240 valence electrons. The monoisotopic (exact) mass is 636 g/mol. The third kappa shape index (κ3) is 9.04. The quantitative estimate of drug-likeness (QED) is 0.252. The number of nitrogens with one attached hydrogen (secondary N) is 2. The molecular formula is C31H39F3N4O5S. The summed E-state index contributed by atoms with van der Waals surface area (Å²) in [4.78, 5) is 2.32. The van der Waals surface area contributed by atoms with Crippen LogP contribution in [-0.2, 0) is 21.1 Å². The van der Waals surface area contributed by atoms with E-state index >= 15 is 0 Å². The van der Waals surface area contributed by atoms with Crippen LogP contribution >= 0.6 is 0 Å². The van der Waals surface area contributed by atoms with E-state index in [1.165, 1.54) is 19.2 Å². The highest BCUT2D eigenvalue weighted by molar-refractivity contribution is 7.90. The van der Waals surface area contributed by atoms with Gasteiger partial charge in [-0.2, -0.15) is 13.2 Å². The Bertz CT molecular complexity index is 1590. The summed E-state index contributed by atoms with van der Waals surface area (Å²) < 4.78 is 75.4. The first kappa shape index (κ1) is 33.5. The molecule has 1 aromatic heterocycles. The van der Waals surface area contributed by atoms with Crippen molar-refractivity contribution in [2.24, 2.45) is 0 Å². The fourth-order valence-corrected chi connectivity index (χ4v) is 5.98. The number of piperidine rings is 1. The number of alkyl halides is 3. The number of hydrogen-bond acceptors (Lipinski definition) is 8. The van der Waals surface area contributed by atoms with Crippen molar-refractivity contribution >= 4 is 32.1 Å². The molecule has 1 aliphatic heterocycles. The van der Waals surface area contributed by atoms with E-state index in [0.29, 0.717) is 35.8 Å². The maximum absolute atomic E-state index is 13.2. The van der Waals surface area contributed by atoms with E-state index in [1.54, 1.807) is 23.8 Å². The number of nitrogens with zero attached hydrogens (tertiary/aromatic N) is 2. The second kappa shape index (κ2) is 14.6. The van der Waals surface area contributed by atoms with Gasteiger partial charge in [0.25, 0.3) is 0 Å². The average molecular weight is 637 g/mol. The fraction of sp³-hybridized carbons (Fsp3) is 0.484. The van der Waals surface area contributed by atoms with Gasteiger partial charge < -0.3 is 34.7 Å². The van der Waals surface area contributed by atoms with Crippen LogP contribution in [0.1, 0.15) is 25.0 Å². The smallest absolute Gasteiger partial charge is 0.390 e. The Morgan fingerprint density at radius 2 is 1.86 bits per heavy atom. The average Bonchev–Trinajstić information content (AvgIpc) is 3.32. The van der Waals surface area contributed by atoms with Crippen molar-refractivity contribution in [3.8, 4) is 17.6 Å². The number of hydrogen-bond donors (Lipinski definition) is 3. The molecule has 3 aromatic rings. The van der Waals surface area contributed by atoms with Gasteiger partial charge in [-0.15, -0.1) is 0 Å². The number of rotatable bonds is 12. The lowest BCUT2D eigenvalue weighted by Crippen LogP contribution is -2.43. The van der Waals surface area contributed by atoms with E-state index in [2.05, 4.69) is 27.4 Å². The summed E-state index contributed by atoms with van der Waals surface area (Å²) in [5.41, 5.74) is 2.50. The van der Waals surface area contributed by atoms with Gasteiger partial charge in [0.15, 0.2) is 9.84 Å². The molecular weight excluding hydrogens is 597 g/mol. The Morgan fingerprint density at radius 3 is 2.52 bits per heavy atom. The maximum atomic E-state index is 13.2. The molecule has 1 unspecified atom stereocenters. The van der Waals surface area contributed by atoms with Gasteiger partial charge in [-0.1, -0.05) is 12.0 Å². The highest BCUT2D eigenvalue weighted by atomic mass is 32.2. The lowest BCUT2D eigenvalue weighted by molar-refractivity contribution is -0.136. The predicted octanol–water partition coefficient (Wildman–Crippen LogP) is 4.35. The number of ether oxygens (including phenoxy) is 2. The van der Waals surface area contributed by atoms with Gasteiger partial charge in [-0.3, -0.25) is 0 Å². The van der Waals surface area contributed by atoms with Crippen molar-refractivity contribution in [2.45, 2.75) is 49.0 Å². The number of fused-ring (bicyclic) bond motifs is 1. The van der Waals surface area contributed by atoms with Crippen molar-refractivity contribution in [3.05, 3.63) is 48.2 Å². The molecule has 0 aliphatic carbocycles. The Labute approximate surface area is 256 Å². The lowest BCUT2D eigenvalue weighted by Gasteiger charge is -2.34. The second-order valence-corrected chi connectivity index (χ2v) is 12.9. The molecule has 2 aromatic carbocycles. The van der Waals surface area contributed by atoms with Crippen LogP contribution in [0.4, 0.5) is 24.5 Å². The molecule has 1 saturated heterocycles. The summed E-state index contributed by atoms with van der Waals surface area (Å²) in [5, 5.41) is 17.5. The Hall–Kier alpha value is -3.44. The number of anilines is 2. The summed E-state index contributed by atoms with van der Waals surface area (Å²) in [6.45, 7) is 2.35. The minimum absolute atomic E-state index is 0.121. The van der Waals surface area contributed by atoms with E-state index in [9.17, 15) is 26.7 Å². The normalized spacial score (nSPS) is 15.5. The molecule has 0 amide bonds. The number of sulfone groups is 1. The number of β-amino-alcohol motifs (C(OH)–C–C–N with tert-alkyl or cyclic N) is 1. The third-order valence-electron chi connectivity index (χ3n) is 7.52. The van der Waals surface area contributed by atoms with Crippen LogP contribution in [0.5, 0.6) is 5.75 Å². The number of benzene rings is 2. The van der Waals surface area contributed by atoms with Gasteiger partial charge in [0, 0.05) is 62.7 Å². The molecule has 0 radical (unpaired) electrons. The van der Waals surface area contributed by atoms with E-state index in [0.717, 1.165) is 43.3 Å². The summed E-state index contributed by atoms with van der Waals surface area (Å²) in [6, 6.07) is 12.0. The molecule has 0 saturated carbocycles. The minimum Gasteiger partial charge on any atom is -0.495 e. The summed E-state index contributed by atoms with van der Waals surface area (Å²) in [7, 11) is -0.417. The summed E-state index contributed by atoms with van der Waals surface area (Å²) in [5.74, 6) is 6.34. The van der Waals surface area contributed by atoms with Crippen LogP contribution in [0, 0.1) is 11.8 Å². The molecule has 0 spiro atoms. The number of halogens is 3. The zero-order valence-electron chi connectivity index (χ0n) is 25.1. The molecule has 13 heteroatoms. The second-order valence-electron chi connectivity index (χ2n) is 10.9. The van der Waals surface area contributed by atoms with Crippen LogP contribution in [-0.4, -0.2) is 94.6 Å². The van der Waals surface area contributed by atoms with Crippen LogP contribution in [0.15, 0.2) is 47.4 Å². The molecule has 9 nitrogen and oxygen atoms in total. The first-order valence-corrected chi connectivity index (χ1v) is 16.2. The van der Waals surface area contributed by atoms with Crippen LogP contribution in [0.3, 0.4) is 0 Å². The number of aliphatic hydroxyl groups excluding tert-OH is 1. The molecule has 3 N–H and O–H groups in total. The van der Waals surface area contributed by atoms with E-state index < -0.39 is 28.5 Å². The van der Waals surface area contributed by atoms with Gasteiger partial charge in [0.2, 0.25) is 0 Å². The highest BCUT2D eigenvalue weighted by Crippen LogP contribution is 2.31. The highest BCUT2D eigenvalue weighted by Gasteiger charge is 2.28. The van der Waals surface area contributed by atoms with Crippen molar-refractivity contribution in [2.75, 3.05) is 63.9 Å². The molecule has 1 fully saturated rings. The summed E-state index contributed by atoms with van der Waals surface area (Å²) >= 11 is 0. The van der Waals surface area contributed by atoms with Gasteiger partial charge in [0.05, 0.1) is 54.6 Å². The number of methoxy groups -OCH3 is 2. The number of aryl methyl sites for hydroxylation is 1. The van der Waals surface area contributed by atoms with Crippen molar-refractivity contribution < 1.29 is 36.2 Å². The Balaban J connectivity index is 1.52. The van der Waals surface area contributed by atoms with Crippen LogP contribution in [0.25, 0.3) is 10.9 Å². The Kier molecular flexibility index (Phi) is 11.1. The minimum atomic E-state index is -4.32. The molecule has 2 heterocycles. The van der Waals surface area contributed by atoms with Crippen LogP contribution < -0.4 is 15.4 Å². The predicted molar refractivity (Wildman–Crippen MR) is 165 cm³/mol. The SMILES string of the molecule is COCC(O)CN1CCC(Nc2cccc3c2cc(C#CCNc2ccc(S(C)(=O)=O)cc2OC)n3CCC(F)(F)F)CC1. The lowest BCUT2D eigenvalue weighted by atomic mass is 10.0. The number of aromatic nitrogens is 1. The zero-order valence-corrected chi connectivity index (χ0v) is 25.9. The molecule has 4 rings (SSSR count). The zero-order chi connectivity index (χ0) is 31.9. The first-order chi connectivity index (χ1) is 20.9. The number of aliphatic hydroxyl groups is 1. The van der Waals surface area contributed by atoms with Crippen molar-refractivity contribution in [3.63, 3.8) is 0 Å². The molecule has 44 heavy (non-hydrogen) atoms. The maximum Gasteiger partial charge on any atom is 0.390 e. The fourth-order valence-electron chi connectivity index (χ4n) is 5.34. The molecule has 1 aliphatic rings. The Morgan fingerprint density at radius 1 is 1.11 bits per heavy atom. The summed E-state index contributed by atoms with van der Waals surface area (Å²) in [6.07, 6.45) is -3.02. The first-order valence-electron chi connectivity index (χ1n) is 14.3. The van der Waals surface area contributed by atoms with Gasteiger partial charge in [-0.25, -0.2) is 8.42 Å². The molecule has 1 atom stereocenters. The third-order valence-corrected chi connectivity index (χ3v) is 8.63. The standard InChI is InChI=1S/C31H39F3N4O5S/c1-42-21-24(39)20-37-15-11-22(12-16-37)36-27-7-4-8-29-26(27)18-23(38(29)17-13-31(32,33)34)6-5-14-35-28-10-9-25(44(3,40)41)19-30(28)43-2/h4,7-10,18-19,22,24,35-36,39H,11-17,20-21H2,1-3H3. The largest absolute Gasteiger partial charge is 0.495 e. The van der Waals surface area contributed by atoms with Crippen LogP contribution in [0.2, 0.25) is 0 Å². The molecule has 0 bridgehead atoms. The van der Waals surface area contributed by atoms with Crippen molar-refractivity contribution in [1.82, 2.24) is 9.47 Å². The van der Waals surface area contributed by atoms with Gasteiger partial charge in [0.1, 0.15) is 5.75 Å².